The minimum absolute atomic E-state index is 0.135. The Labute approximate surface area is 115 Å². The molecule has 1 aliphatic heterocycles. The minimum Gasteiger partial charge on any atom is -0.389 e. The highest BCUT2D eigenvalue weighted by molar-refractivity contribution is 7.13. The molecule has 2 atom stereocenters. The predicted molar refractivity (Wildman–Crippen MR) is 72.0 cm³/mol. The first-order chi connectivity index (χ1) is 9.17. The van der Waals surface area contributed by atoms with Gasteiger partial charge in [0, 0.05) is 19.0 Å². The van der Waals surface area contributed by atoms with Crippen molar-refractivity contribution >= 4 is 22.5 Å². The number of anilines is 1. The number of likely N-dealkylation sites (tertiary alicyclic amines) is 1. The molecular weight excluding hydrogens is 264 g/mol. The molecule has 0 spiro atoms. The van der Waals surface area contributed by atoms with Gasteiger partial charge in [-0.15, -0.1) is 10.2 Å². The third kappa shape index (κ3) is 2.57. The number of rotatable bonds is 1. The highest BCUT2D eigenvalue weighted by Crippen LogP contribution is 2.39. The Morgan fingerprint density at radius 3 is 3.21 bits per heavy atom. The van der Waals surface area contributed by atoms with Crippen LogP contribution in [0.5, 0.6) is 0 Å². The zero-order valence-corrected chi connectivity index (χ0v) is 11.5. The molecule has 3 rings (SSSR count). The van der Waals surface area contributed by atoms with E-state index in [0.717, 1.165) is 25.7 Å². The van der Waals surface area contributed by atoms with Crippen molar-refractivity contribution in [2.75, 3.05) is 18.4 Å². The van der Waals surface area contributed by atoms with Crippen LogP contribution in [0.2, 0.25) is 0 Å². The summed E-state index contributed by atoms with van der Waals surface area (Å²) in [6.07, 6.45) is 4.83. The minimum atomic E-state index is -0.544. The molecule has 2 amide bonds. The maximum atomic E-state index is 12.1. The van der Waals surface area contributed by atoms with E-state index in [0.29, 0.717) is 24.6 Å². The van der Waals surface area contributed by atoms with Crippen molar-refractivity contribution in [1.82, 2.24) is 15.1 Å². The standard InChI is InChI=1S/C12H18N4O2S/c17-11(14-10-15-13-8-19-10)16-6-5-12(18)4-2-1-3-9(12)7-16/h8-9,18H,1-7H2,(H,14,15,17)/t9-,12-/m0/s1. The molecule has 2 aliphatic rings. The van der Waals surface area contributed by atoms with Crippen molar-refractivity contribution in [3.05, 3.63) is 5.51 Å². The second-order valence-corrected chi connectivity index (χ2v) is 6.25. The zero-order valence-electron chi connectivity index (χ0n) is 10.7. The molecule has 2 N–H and O–H groups in total. The normalized spacial score (nSPS) is 30.8. The van der Waals surface area contributed by atoms with Gasteiger partial charge in [-0.3, -0.25) is 5.32 Å². The summed E-state index contributed by atoms with van der Waals surface area (Å²) in [6.45, 7) is 1.25. The van der Waals surface area contributed by atoms with Gasteiger partial charge >= 0.3 is 6.03 Å². The van der Waals surface area contributed by atoms with Crippen molar-refractivity contribution in [2.24, 2.45) is 5.92 Å². The molecule has 1 saturated heterocycles. The van der Waals surface area contributed by atoms with E-state index in [1.807, 2.05) is 0 Å². The Morgan fingerprint density at radius 2 is 2.42 bits per heavy atom. The number of hydrogen-bond donors (Lipinski definition) is 2. The van der Waals surface area contributed by atoms with E-state index >= 15 is 0 Å². The SMILES string of the molecule is O=C(Nc1nncs1)N1CC[C@@]2(O)CCCC[C@H]2C1. The predicted octanol–water partition coefficient (Wildman–Crippen LogP) is 1.70. The third-order valence-electron chi connectivity index (χ3n) is 4.29. The molecule has 0 aromatic carbocycles. The summed E-state index contributed by atoms with van der Waals surface area (Å²) in [6, 6.07) is -0.135. The van der Waals surface area contributed by atoms with Crippen molar-refractivity contribution in [3.63, 3.8) is 0 Å². The van der Waals surface area contributed by atoms with E-state index in [1.54, 1.807) is 10.4 Å². The lowest BCUT2D eigenvalue weighted by Gasteiger charge is -2.47. The van der Waals surface area contributed by atoms with Gasteiger partial charge in [0.15, 0.2) is 0 Å². The van der Waals surface area contributed by atoms with E-state index in [2.05, 4.69) is 15.5 Å². The number of carbonyl (C=O) groups is 1. The van der Waals surface area contributed by atoms with Gasteiger partial charge in [-0.1, -0.05) is 24.2 Å². The molecule has 2 fully saturated rings. The highest BCUT2D eigenvalue weighted by Gasteiger charge is 2.43. The van der Waals surface area contributed by atoms with Crippen LogP contribution in [0.1, 0.15) is 32.1 Å². The monoisotopic (exact) mass is 282 g/mol. The number of amides is 2. The number of hydrogen-bond acceptors (Lipinski definition) is 5. The number of aliphatic hydroxyl groups is 1. The lowest BCUT2D eigenvalue weighted by Crippen LogP contribution is -2.55. The molecule has 0 bridgehead atoms. The molecular formula is C12H18N4O2S. The van der Waals surface area contributed by atoms with Gasteiger partial charge < -0.3 is 10.0 Å². The molecule has 0 radical (unpaired) electrons. The Morgan fingerprint density at radius 1 is 1.53 bits per heavy atom. The molecule has 7 heteroatoms. The molecule has 1 aliphatic carbocycles. The Kier molecular flexibility index (Phi) is 3.40. The van der Waals surface area contributed by atoms with E-state index in [1.165, 1.54) is 11.3 Å². The van der Waals surface area contributed by atoms with Gasteiger partial charge in [0.25, 0.3) is 0 Å². The fourth-order valence-electron chi connectivity index (χ4n) is 3.15. The van der Waals surface area contributed by atoms with Crippen LogP contribution in [-0.4, -0.2) is 44.9 Å². The number of aromatic nitrogens is 2. The van der Waals surface area contributed by atoms with Crippen LogP contribution >= 0.6 is 11.3 Å². The number of carbonyl (C=O) groups excluding carboxylic acids is 1. The van der Waals surface area contributed by atoms with Crippen LogP contribution in [-0.2, 0) is 0 Å². The van der Waals surface area contributed by atoms with Gasteiger partial charge in [0.2, 0.25) is 5.13 Å². The summed E-state index contributed by atoms with van der Waals surface area (Å²) >= 11 is 1.31. The topological polar surface area (TPSA) is 78.4 Å². The summed E-state index contributed by atoms with van der Waals surface area (Å²) in [5, 5.41) is 21.3. The number of piperidine rings is 1. The van der Waals surface area contributed by atoms with Gasteiger partial charge in [0.1, 0.15) is 5.51 Å². The van der Waals surface area contributed by atoms with Crippen molar-refractivity contribution < 1.29 is 9.90 Å². The van der Waals surface area contributed by atoms with Crippen molar-refractivity contribution in [3.8, 4) is 0 Å². The summed E-state index contributed by atoms with van der Waals surface area (Å²) in [5.41, 5.74) is 1.05. The number of nitrogens with one attached hydrogen (secondary N) is 1. The van der Waals surface area contributed by atoms with E-state index in [-0.39, 0.29) is 11.9 Å². The lowest BCUT2D eigenvalue weighted by molar-refractivity contribution is -0.0863. The molecule has 104 valence electrons. The Bertz CT molecular complexity index is 453. The van der Waals surface area contributed by atoms with Crippen LogP contribution in [0.15, 0.2) is 5.51 Å². The van der Waals surface area contributed by atoms with Crippen LogP contribution in [0, 0.1) is 5.92 Å². The number of nitrogens with zero attached hydrogens (tertiary/aromatic N) is 3. The van der Waals surface area contributed by atoms with Gasteiger partial charge in [-0.25, -0.2) is 4.79 Å². The average Bonchev–Trinajstić information content (AvgIpc) is 2.90. The first kappa shape index (κ1) is 12.8. The average molecular weight is 282 g/mol. The Balaban J connectivity index is 1.62. The van der Waals surface area contributed by atoms with Gasteiger partial charge in [0.05, 0.1) is 5.60 Å². The van der Waals surface area contributed by atoms with Gasteiger partial charge in [-0.2, -0.15) is 0 Å². The van der Waals surface area contributed by atoms with Crippen LogP contribution in [0.3, 0.4) is 0 Å². The number of fused-ring (bicyclic) bond motifs is 1. The number of urea groups is 1. The molecule has 1 aromatic rings. The van der Waals surface area contributed by atoms with Crippen molar-refractivity contribution in [2.45, 2.75) is 37.7 Å². The van der Waals surface area contributed by atoms with E-state index in [4.69, 9.17) is 0 Å². The molecule has 1 saturated carbocycles. The molecule has 19 heavy (non-hydrogen) atoms. The fourth-order valence-corrected chi connectivity index (χ4v) is 3.59. The smallest absolute Gasteiger partial charge is 0.323 e. The summed E-state index contributed by atoms with van der Waals surface area (Å²) in [7, 11) is 0. The third-order valence-corrected chi connectivity index (χ3v) is 4.90. The van der Waals surface area contributed by atoms with E-state index in [9.17, 15) is 9.90 Å². The zero-order chi connectivity index (χ0) is 13.3. The molecule has 2 heterocycles. The van der Waals surface area contributed by atoms with Crippen molar-refractivity contribution in [1.29, 1.82) is 0 Å². The maximum Gasteiger partial charge on any atom is 0.323 e. The lowest BCUT2D eigenvalue weighted by atomic mass is 9.71. The maximum absolute atomic E-state index is 12.1. The molecule has 1 aromatic heterocycles. The van der Waals surface area contributed by atoms with Crippen LogP contribution in [0.4, 0.5) is 9.93 Å². The second-order valence-electron chi connectivity index (χ2n) is 5.42. The largest absolute Gasteiger partial charge is 0.389 e. The van der Waals surface area contributed by atoms with Gasteiger partial charge in [-0.05, 0) is 19.3 Å². The van der Waals surface area contributed by atoms with Crippen LogP contribution in [0.25, 0.3) is 0 Å². The molecule has 6 nitrogen and oxygen atoms in total. The van der Waals surface area contributed by atoms with E-state index < -0.39 is 5.60 Å². The second kappa shape index (κ2) is 5.05. The first-order valence-electron chi connectivity index (χ1n) is 6.72. The molecule has 0 unspecified atom stereocenters. The fraction of sp³-hybridized carbons (Fsp3) is 0.750. The summed E-state index contributed by atoms with van der Waals surface area (Å²) < 4.78 is 0. The Hall–Kier alpha value is -1.21. The summed E-state index contributed by atoms with van der Waals surface area (Å²) in [5.74, 6) is 0.218. The first-order valence-corrected chi connectivity index (χ1v) is 7.60. The summed E-state index contributed by atoms with van der Waals surface area (Å²) in [4.78, 5) is 13.9. The van der Waals surface area contributed by atoms with Crippen LogP contribution < -0.4 is 5.32 Å². The highest BCUT2D eigenvalue weighted by atomic mass is 32.1. The quantitative estimate of drug-likeness (QED) is 0.821.